The van der Waals surface area contributed by atoms with Crippen LogP contribution < -0.4 is 10.2 Å². The highest BCUT2D eigenvalue weighted by Crippen LogP contribution is 2.32. The Morgan fingerprint density at radius 2 is 1.76 bits per heavy atom. The van der Waals surface area contributed by atoms with E-state index in [-0.39, 0.29) is 28.2 Å². The highest BCUT2D eigenvalue weighted by Gasteiger charge is 2.29. The Hall–Kier alpha value is -2.23. The molecule has 2 heterocycles. The molecule has 8 heteroatoms. The van der Waals surface area contributed by atoms with Crippen molar-refractivity contribution < 1.29 is 15.3 Å². The number of aromatic hydroxyl groups is 1. The van der Waals surface area contributed by atoms with E-state index in [1.807, 2.05) is 0 Å². The van der Waals surface area contributed by atoms with Gasteiger partial charge in [-0.1, -0.05) is 48.4 Å². The molecule has 0 bridgehead atoms. The monoisotopic (exact) mass is 471 g/mol. The summed E-state index contributed by atoms with van der Waals surface area (Å²) in [5, 5.41) is 34.3. The van der Waals surface area contributed by atoms with Crippen molar-refractivity contribution in [2.45, 2.75) is 44.3 Å². The van der Waals surface area contributed by atoms with Crippen LogP contribution in [0.3, 0.4) is 0 Å². The van der Waals surface area contributed by atoms with Crippen molar-refractivity contribution in [2.24, 2.45) is 0 Å². The third-order valence-electron chi connectivity index (χ3n) is 6.36. The zero-order valence-electron chi connectivity index (χ0n) is 18.8. The van der Waals surface area contributed by atoms with Gasteiger partial charge in [-0.15, -0.1) is 0 Å². The lowest BCUT2D eigenvalue weighted by molar-refractivity contribution is -0.164. The summed E-state index contributed by atoms with van der Waals surface area (Å²) in [7, 11) is 0. The first-order chi connectivity index (χ1) is 15.9. The summed E-state index contributed by atoms with van der Waals surface area (Å²) in [4.78, 5) is 16.4. The molecule has 2 aromatic carbocycles. The molecule has 0 saturated carbocycles. The Balaban J connectivity index is 1.29. The zero-order valence-corrected chi connectivity index (χ0v) is 19.7. The van der Waals surface area contributed by atoms with Gasteiger partial charge in [0.05, 0.1) is 11.2 Å². The predicted octanol–water partition coefficient (Wildman–Crippen LogP) is 2.68. The van der Waals surface area contributed by atoms with Crippen LogP contribution in [0.15, 0.2) is 41.2 Å². The fourth-order valence-corrected chi connectivity index (χ4v) is 5.45. The van der Waals surface area contributed by atoms with Gasteiger partial charge in [0.15, 0.2) is 0 Å². The van der Waals surface area contributed by atoms with Crippen LogP contribution in [0.25, 0.3) is 10.2 Å². The quantitative estimate of drug-likeness (QED) is 0.243. The maximum atomic E-state index is 11.7. The van der Waals surface area contributed by atoms with Gasteiger partial charge in [0.2, 0.25) is 5.79 Å². The van der Waals surface area contributed by atoms with Gasteiger partial charge >= 0.3 is 4.87 Å². The molecule has 0 aliphatic carbocycles. The minimum atomic E-state index is -2.16. The second-order valence-corrected chi connectivity index (χ2v) is 9.90. The number of thiazole rings is 1. The summed E-state index contributed by atoms with van der Waals surface area (Å²) in [5.41, 5.74) is 2.98. The number of fused-ring (bicyclic) bond motifs is 1. The van der Waals surface area contributed by atoms with Crippen molar-refractivity contribution in [3.05, 3.63) is 62.8 Å². The van der Waals surface area contributed by atoms with Crippen LogP contribution in [0.5, 0.6) is 5.75 Å². The number of hydrogen-bond acceptors (Lipinski definition) is 7. The third-order valence-corrected chi connectivity index (χ3v) is 7.27. The van der Waals surface area contributed by atoms with Gasteiger partial charge in [0.1, 0.15) is 11.3 Å². The van der Waals surface area contributed by atoms with Crippen LogP contribution >= 0.6 is 11.3 Å². The fourth-order valence-electron chi connectivity index (χ4n) is 4.51. The number of nitrogens with zero attached hydrogens (tertiary/aromatic N) is 1. The molecule has 0 spiro atoms. The average molecular weight is 472 g/mol. The number of phenolic OH excluding ortho intramolecular Hbond substituents is 1. The van der Waals surface area contributed by atoms with E-state index in [1.54, 1.807) is 0 Å². The molecule has 1 fully saturated rings. The number of aliphatic hydroxyl groups is 2. The number of phenols is 1. The van der Waals surface area contributed by atoms with Gasteiger partial charge in [-0.25, -0.2) is 0 Å². The van der Waals surface area contributed by atoms with E-state index < -0.39 is 5.79 Å². The molecule has 0 amide bonds. The van der Waals surface area contributed by atoms with Crippen LogP contribution in [0.2, 0.25) is 0 Å². The Bertz CT molecular complexity index is 1120. The Morgan fingerprint density at radius 3 is 2.52 bits per heavy atom. The van der Waals surface area contributed by atoms with Crippen LogP contribution in [-0.4, -0.2) is 57.9 Å². The summed E-state index contributed by atoms with van der Waals surface area (Å²) >= 11 is 0.851. The van der Waals surface area contributed by atoms with Crippen molar-refractivity contribution in [1.82, 2.24) is 15.2 Å². The van der Waals surface area contributed by atoms with Crippen LogP contribution in [0.4, 0.5) is 0 Å². The summed E-state index contributed by atoms with van der Waals surface area (Å²) in [6.07, 6.45) is 7.14. The standard InChI is InChI=1S/C25H33N3O4S/c29-21-9-8-20(23-22(21)27-24(30)33-23)25(31,32)17-26-12-10-18-6-5-7-19(16-18)11-15-28-13-3-1-2-4-14-28/h5-9,16,26,29,31-32H,1-4,10-15,17H2,(H,27,30). The first kappa shape index (κ1) is 23.9. The van der Waals surface area contributed by atoms with E-state index in [0.717, 1.165) is 30.7 Å². The number of aromatic nitrogens is 1. The van der Waals surface area contributed by atoms with Crippen molar-refractivity contribution in [1.29, 1.82) is 0 Å². The van der Waals surface area contributed by atoms with Crippen molar-refractivity contribution in [3.8, 4) is 5.75 Å². The minimum Gasteiger partial charge on any atom is -0.506 e. The number of nitrogens with one attached hydrogen (secondary N) is 2. The van der Waals surface area contributed by atoms with E-state index in [9.17, 15) is 20.1 Å². The molecule has 33 heavy (non-hydrogen) atoms. The summed E-state index contributed by atoms with van der Waals surface area (Å²) < 4.78 is 0.351. The van der Waals surface area contributed by atoms with Gasteiger partial charge in [0.25, 0.3) is 0 Å². The molecule has 7 nitrogen and oxygen atoms in total. The molecular formula is C25H33N3O4S. The van der Waals surface area contributed by atoms with E-state index in [0.29, 0.717) is 11.2 Å². The summed E-state index contributed by atoms with van der Waals surface area (Å²) in [6, 6.07) is 11.4. The molecule has 4 rings (SSSR count). The molecule has 0 radical (unpaired) electrons. The maximum Gasteiger partial charge on any atom is 0.305 e. The Labute approximate surface area is 197 Å². The van der Waals surface area contributed by atoms with E-state index >= 15 is 0 Å². The van der Waals surface area contributed by atoms with Gasteiger partial charge in [-0.2, -0.15) is 0 Å². The molecule has 0 atom stereocenters. The van der Waals surface area contributed by atoms with Gasteiger partial charge in [-0.3, -0.25) is 4.79 Å². The number of aromatic amines is 1. The molecular weight excluding hydrogens is 438 g/mol. The second-order valence-electron chi connectivity index (χ2n) is 8.92. The lowest BCUT2D eigenvalue weighted by Gasteiger charge is -2.23. The lowest BCUT2D eigenvalue weighted by Crippen LogP contribution is -2.38. The molecule has 1 aromatic heterocycles. The normalized spacial score (nSPS) is 15.7. The number of benzene rings is 2. The highest BCUT2D eigenvalue weighted by molar-refractivity contribution is 7.16. The third kappa shape index (κ3) is 6.22. The fraction of sp³-hybridized carbons (Fsp3) is 0.480. The van der Waals surface area contributed by atoms with Gasteiger partial charge in [-0.05, 0) is 68.6 Å². The molecule has 0 unspecified atom stereocenters. The molecule has 3 aromatic rings. The van der Waals surface area contributed by atoms with Gasteiger partial charge in [0, 0.05) is 12.1 Å². The SMILES string of the molecule is O=c1[nH]c2c(O)ccc(C(O)(O)CNCCc3cccc(CCN4CCCCCC4)c3)c2s1. The average Bonchev–Trinajstić information content (AvgIpc) is 3.01. The smallest absolute Gasteiger partial charge is 0.305 e. The molecule has 1 aliphatic rings. The zero-order chi connectivity index (χ0) is 23.3. The van der Waals surface area contributed by atoms with Gasteiger partial charge < -0.3 is 30.5 Å². The summed E-state index contributed by atoms with van der Waals surface area (Å²) in [5.74, 6) is -2.25. The van der Waals surface area contributed by atoms with Crippen LogP contribution in [0.1, 0.15) is 42.4 Å². The Kier molecular flexibility index (Phi) is 7.82. The second kappa shape index (κ2) is 10.8. The summed E-state index contributed by atoms with van der Waals surface area (Å²) in [6.45, 7) is 4.02. The molecule has 5 N–H and O–H groups in total. The molecule has 1 aliphatic heterocycles. The number of rotatable bonds is 9. The highest BCUT2D eigenvalue weighted by atomic mass is 32.1. The number of likely N-dealkylation sites (tertiary alicyclic amines) is 1. The topological polar surface area (TPSA) is 109 Å². The van der Waals surface area contributed by atoms with Crippen LogP contribution in [0, 0.1) is 0 Å². The predicted molar refractivity (Wildman–Crippen MR) is 132 cm³/mol. The number of H-pyrrole nitrogens is 1. The van der Waals surface area contributed by atoms with E-state index in [2.05, 4.69) is 39.5 Å². The van der Waals surface area contributed by atoms with Crippen molar-refractivity contribution in [2.75, 3.05) is 32.7 Å². The molecule has 1 saturated heterocycles. The maximum absolute atomic E-state index is 11.7. The Morgan fingerprint density at radius 1 is 1.03 bits per heavy atom. The lowest BCUT2D eigenvalue weighted by atomic mass is 10.0. The number of hydrogen-bond donors (Lipinski definition) is 5. The van der Waals surface area contributed by atoms with Crippen molar-refractivity contribution >= 4 is 21.6 Å². The van der Waals surface area contributed by atoms with Crippen molar-refractivity contribution in [3.63, 3.8) is 0 Å². The van der Waals surface area contributed by atoms with Crippen LogP contribution in [-0.2, 0) is 18.6 Å². The minimum absolute atomic E-state index is 0.0897. The molecule has 178 valence electrons. The van der Waals surface area contributed by atoms with E-state index in [4.69, 9.17) is 0 Å². The largest absolute Gasteiger partial charge is 0.506 e. The first-order valence-electron chi connectivity index (χ1n) is 11.7. The first-order valence-corrected chi connectivity index (χ1v) is 12.5. The van der Waals surface area contributed by atoms with E-state index in [1.165, 1.54) is 62.0 Å².